The van der Waals surface area contributed by atoms with E-state index in [0.717, 1.165) is 4.90 Å². The zero-order valence-electron chi connectivity index (χ0n) is 13.5. The summed E-state index contributed by atoms with van der Waals surface area (Å²) >= 11 is 5.80. The highest BCUT2D eigenvalue weighted by Gasteiger charge is 2.49. The summed E-state index contributed by atoms with van der Waals surface area (Å²) in [6, 6.07) is 14.9. The SMILES string of the molecule is C[C@@]1(c2ccccc2)NC(=O)N(CC(=O)Nc2ccc(Cl)cc2)C1=O. The van der Waals surface area contributed by atoms with Crippen LogP contribution in [0.2, 0.25) is 5.02 Å². The second-order valence-corrected chi connectivity index (χ2v) is 6.30. The van der Waals surface area contributed by atoms with Crippen molar-refractivity contribution in [2.45, 2.75) is 12.5 Å². The molecule has 25 heavy (non-hydrogen) atoms. The maximum absolute atomic E-state index is 12.7. The summed E-state index contributed by atoms with van der Waals surface area (Å²) in [5, 5.41) is 5.84. The van der Waals surface area contributed by atoms with Crippen molar-refractivity contribution >= 4 is 35.1 Å². The Balaban J connectivity index is 1.72. The first-order valence-corrected chi connectivity index (χ1v) is 8.03. The Bertz CT molecular complexity index is 823. The molecule has 1 saturated heterocycles. The molecular weight excluding hydrogens is 342 g/mol. The summed E-state index contributed by atoms with van der Waals surface area (Å²) in [4.78, 5) is 38.0. The normalized spacial score (nSPS) is 19.7. The molecular formula is C18H16ClN3O3. The molecule has 1 atom stereocenters. The number of nitrogens with zero attached hydrogens (tertiary/aromatic N) is 1. The lowest BCUT2D eigenvalue weighted by molar-refractivity contribution is -0.133. The summed E-state index contributed by atoms with van der Waals surface area (Å²) in [5.41, 5.74) is 0.0139. The van der Waals surface area contributed by atoms with Crippen LogP contribution in [0, 0.1) is 0 Å². The van der Waals surface area contributed by atoms with Crippen molar-refractivity contribution in [1.82, 2.24) is 10.2 Å². The molecule has 1 heterocycles. The van der Waals surface area contributed by atoms with Gasteiger partial charge in [-0.15, -0.1) is 0 Å². The molecule has 7 heteroatoms. The van der Waals surface area contributed by atoms with E-state index in [1.54, 1.807) is 55.5 Å². The standard InChI is InChI=1S/C18H16ClN3O3/c1-18(12-5-3-2-4-6-12)16(24)22(17(25)21-18)11-15(23)20-14-9-7-13(19)8-10-14/h2-10H,11H2,1H3,(H,20,23)(H,21,25)/t18-/m0/s1. The lowest BCUT2D eigenvalue weighted by Gasteiger charge is -2.22. The van der Waals surface area contributed by atoms with Crippen LogP contribution in [0.1, 0.15) is 12.5 Å². The number of nitrogens with one attached hydrogen (secondary N) is 2. The Morgan fingerprint density at radius 3 is 2.40 bits per heavy atom. The van der Waals surface area contributed by atoms with Gasteiger partial charge in [-0.25, -0.2) is 4.79 Å². The van der Waals surface area contributed by atoms with E-state index in [0.29, 0.717) is 16.3 Å². The number of anilines is 1. The zero-order valence-corrected chi connectivity index (χ0v) is 14.2. The van der Waals surface area contributed by atoms with Crippen LogP contribution in [-0.4, -0.2) is 29.3 Å². The average Bonchev–Trinajstić information content (AvgIpc) is 2.82. The number of benzene rings is 2. The molecule has 1 aliphatic heterocycles. The van der Waals surface area contributed by atoms with E-state index in [9.17, 15) is 14.4 Å². The van der Waals surface area contributed by atoms with Crippen LogP contribution < -0.4 is 10.6 Å². The minimum atomic E-state index is -1.18. The van der Waals surface area contributed by atoms with Crippen molar-refractivity contribution < 1.29 is 14.4 Å². The third-order valence-corrected chi connectivity index (χ3v) is 4.31. The van der Waals surface area contributed by atoms with E-state index < -0.39 is 23.4 Å². The first-order valence-electron chi connectivity index (χ1n) is 7.65. The molecule has 0 aromatic heterocycles. The zero-order chi connectivity index (χ0) is 18.0. The van der Waals surface area contributed by atoms with Gasteiger partial charge in [0.1, 0.15) is 12.1 Å². The van der Waals surface area contributed by atoms with Crippen LogP contribution in [0.15, 0.2) is 54.6 Å². The van der Waals surface area contributed by atoms with Gasteiger partial charge in [-0.3, -0.25) is 14.5 Å². The van der Waals surface area contributed by atoms with Gasteiger partial charge < -0.3 is 10.6 Å². The molecule has 6 nitrogen and oxygen atoms in total. The highest BCUT2D eigenvalue weighted by molar-refractivity contribution is 6.30. The Morgan fingerprint density at radius 2 is 1.76 bits per heavy atom. The van der Waals surface area contributed by atoms with Gasteiger partial charge in [-0.2, -0.15) is 0 Å². The third kappa shape index (κ3) is 3.34. The van der Waals surface area contributed by atoms with E-state index in [1.807, 2.05) is 6.07 Å². The summed E-state index contributed by atoms with van der Waals surface area (Å²) in [6.45, 7) is 1.26. The second-order valence-electron chi connectivity index (χ2n) is 5.87. The molecule has 0 spiro atoms. The highest BCUT2D eigenvalue weighted by Crippen LogP contribution is 2.28. The number of rotatable bonds is 4. The van der Waals surface area contributed by atoms with Gasteiger partial charge in [0.05, 0.1) is 0 Å². The molecule has 2 N–H and O–H groups in total. The average molecular weight is 358 g/mol. The van der Waals surface area contributed by atoms with Crippen molar-refractivity contribution in [2.24, 2.45) is 0 Å². The molecule has 1 fully saturated rings. The van der Waals surface area contributed by atoms with E-state index >= 15 is 0 Å². The van der Waals surface area contributed by atoms with E-state index in [2.05, 4.69) is 10.6 Å². The molecule has 0 aliphatic carbocycles. The molecule has 2 aromatic carbocycles. The smallest absolute Gasteiger partial charge is 0.325 e. The molecule has 0 bridgehead atoms. The van der Waals surface area contributed by atoms with Crippen LogP contribution in [0.4, 0.5) is 10.5 Å². The Hall–Kier alpha value is -2.86. The molecule has 0 saturated carbocycles. The Kier molecular flexibility index (Phi) is 4.46. The maximum atomic E-state index is 12.7. The van der Waals surface area contributed by atoms with E-state index in [-0.39, 0.29) is 6.54 Å². The molecule has 0 radical (unpaired) electrons. The number of carbonyl (C=O) groups is 3. The molecule has 4 amide bonds. The number of urea groups is 1. The molecule has 2 aromatic rings. The van der Waals surface area contributed by atoms with Crippen molar-refractivity contribution in [3.63, 3.8) is 0 Å². The maximum Gasteiger partial charge on any atom is 0.325 e. The van der Waals surface area contributed by atoms with Crippen LogP contribution in [-0.2, 0) is 15.1 Å². The first-order chi connectivity index (χ1) is 11.9. The quantitative estimate of drug-likeness (QED) is 0.826. The van der Waals surface area contributed by atoms with Crippen molar-refractivity contribution in [1.29, 1.82) is 0 Å². The fraction of sp³-hybridized carbons (Fsp3) is 0.167. The van der Waals surface area contributed by atoms with E-state index in [4.69, 9.17) is 11.6 Å². The Labute approximate surface area is 149 Å². The number of amides is 4. The molecule has 3 rings (SSSR count). The van der Waals surface area contributed by atoms with Crippen molar-refractivity contribution in [3.05, 3.63) is 65.2 Å². The monoisotopic (exact) mass is 357 g/mol. The predicted octanol–water partition coefficient (Wildman–Crippen LogP) is 2.75. The fourth-order valence-corrected chi connectivity index (χ4v) is 2.81. The van der Waals surface area contributed by atoms with Gasteiger partial charge >= 0.3 is 6.03 Å². The van der Waals surface area contributed by atoms with Crippen LogP contribution >= 0.6 is 11.6 Å². The predicted molar refractivity (Wildman–Crippen MR) is 94.1 cm³/mol. The number of imide groups is 1. The lowest BCUT2D eigenvalue weighted by Crippen LogP contribution is -2.42. The minimum Gasteiger partial charge on any atom is -0.325 e. The fourth-order valence-electron chi connectivity index (χ4n) is 2.69. The first kappa shape index (κ1) is 17.0. The largest absolute Gasteiger partial charge is 0.325 e. The van der Waals surface area contributed by atoms with Crippen molar-refractivity contribution in [3.8, 4) is 0 Å². The second kappa shape index (κ2) is 6.57. The molecule has 1 aliphatic rings. The number of halogens is 1. The highest BCUT2D eigenvalue weighted by atomic mass is 35.5. The van der Waals surface area contributed by atoms with Gasteiger partial charge in [0.15, 0.2) is 0 Å². The van der Waals surface area contributed by atoms with Gasteiger partial charge in [0, 0.05) is 10.7 Å². The van der Waals surface area contributed by atoms with Crippen LogP contribution in [0.25, 0.3) is 0 Å². The van der Waals surface area contributed by atoms with Gasteiger partial charge in [0.2, 0.25) is 5.91 Å². The molecule has 128 valence electrons. The van der Waals surface area contributed by atoms with Crippen LogP contribution in [0.3, 0.4) is 0 Å². The summed E-state index contributed by atoms with van der Waals surface area (Å²) < 4.78 is 0. The molecule has 0 unspecified atom stereocenters. The van der Waals surface area contributed by atoms with Gasteiger partial charge in [-0.1, -0.05) is 41.9 Å². The number of hydrogen-bond donors (Lipinski definition) is 2. The minimum absolute atomic E-state index is 0.365. The van der Waals surface area contributed by atoms with Gasteiger partial charge in [0.25, 0.3) is 5.91 Å². The third-order valence-electron chi connectivity index (χ3n) is 4.06. The van der Waals surface area contributed by atoms with Crippen LogP contribution in [0.5, 0.6) is 0 Å². The topological polar surface area (TPSA) is 78.5 Å². The van der Waals surface area contributed by atoms with Crippen molar-refractivity contribution in [2.75, 3.05) is 11.9 Å². The lowest BCUT2D eigenvalue weighted by atomic mass is 9.92. The Morgan fingerprint density at radius 1 is 1.12 bits per heavy atom. The summed E-state index contributed by atoms with van der Waals surface area (Å²) in [5.74, 6) is -0.932. The summed E-state index contributed by atoms with van der Waals surface area (Å²) in [7, 11) is 0. The van der Waals surface area contributed by atoms with E-state index in [1.165, 1.54) is 0 Å². The number of hydrogen-bond acceptors (Lipinski definition) is 3. The van der Waals surface area contributed by atoms with Gasteiger partial charge in [-0.05, 0) is 36.8 Å². The summed E-state index contributed by atoms with van der Waals surface area (Å²) in [6.07, 6.45) is 0. The number of carbonyl (C=O) groups excluding carboxylic acids is 3.